The molecule has 0 aliphatic rings. The van der Waals surface area contributed by atoms with E-state index in [1.165, 1.54) is 0 Å². The monoisotopic (exact) mass is 143 g/mol. The minimum Gasteiger partial charge on any atom is -0.813 e. The molecule has 5 heavy (non-hydrogen) atoms. The molecule has 3 heteroatoms. The van der Waals surface area contributed by atoms with Crippen LogP contribution in [0.3, 0.4) is 0 Å². The van der Waals surface area contributed by atoms with Gasteiger partial charge in [0.25, 0.3) is 0 Å². The predicted molar refractivity (Wildman–Crippen MR) is 27.0 cm³/mol. The van der Waals surface area contributed by atoms with Crippen molar-refractivity contribution in [2.24, 2.45) is 0 Å². The van der Waals surface area contributed by atoms with Crippen LogP contribution in [0.25, 0.3) is 0 Å². The molecule has 0 amide bonds. The van der Waals surface area contributed by atoms with Gasteiger partial charge in [0.15, 0.2) is 0 Å². The first-order chi connectivity index (χ1) is 1.41. The smallest absolute Gasteiger partial charge is 0.813 e. The third-order valence-electron chi connectivity index (χ3n) is 0. The molecule has 0 aromatic rings. The average Bonchev–Trinajstić information content (AvgIpc) is 0.918. The standard InChI is InChI=1S/C2H3S.H2S.V/c1-2-3;;/h1H3;1H2;/q-1;;+2/p-1. The van der Waals surface area contributed by atoms with Gasteiger partial charge >= 0.3 is 18.6 Å². The fourth-order valence-electron chi connectivity index (χ4n) is 0. The van der Waals surface area contributed by atoms with Crippen LogP contribution in [0.5, 0.6) is 0 Å². The SMILES string of the molecule is C[C-]=S.[SH-].[V+2]. The van der Waals surface area contributed by atoms with Gasteiger partial charge in [-0.05, 0) is 0 Å². The summed E-state index contributed by atoms with van der Waals surface area (Å²) in [5, 5.41) is 2.33. The summed E-state index contributed by atoms with van der Waals surface area (Å²) in [5.41, 5.74) is 0. The summed E-state index contributed by atoms with van der Waals surface area (Å²) in [7, 11) is 0. The van der Waals surface area contributed by atoms with Crippen molar-refractivity contribution in [2.75, 3.05) is 0 Å². The molecule has 1 radical (unpaired) electrons. The first-order valence-corrected chi connectivity index (χ1v) is 1.11. The zero-order valence-electron chi connectivity index (χ0n) is 2.80. The van der Waals surface area contributed by atoms with E-state index in [4.69, 9.17) is 0 Å². The van der Waals surface area contributed by atoms with Crippen molar-refractivity contribution < 1.29 is 18.6 Å². The molecular formula is C2H4S2V. The summed E-state index contributed by atoms with van der Waals surface area (Å²) in [6.07, 6.45) is 0. The Labute approximate surface area is 56.7 Å². The van der Waals surface area contributed by atoms with Crippen LogP contribution in [0.2, 0.25) is 0 Å². The van der Waals surface area contributed by atoms with E-state index in [1.807, 2.05) is 0 Å². The summed E-state index contributed by atoms with van der Waals surface area (Å²) >= 11 is 4.14. The van der Waals surface area contributed by atoms with Crippen molar-refractivity contribution >= 4 is 31.1 Å². The second-order valence-electron chi connectivity index (χ2n) is 0.204. The van der Waals surface area contributed by atoms with E-state index in [-0.39, 0.29) is 32.1 Å². The van der Waals surface area contributed by atoms with Crippen LogP contribution >= 0.6 is 12.2 Å². The van der Waals surface area contributed by atoms with E-state index in [9.17, 15) is 0 Å². The quantitative estimate of drug-likeness (QED) is 0.211. The van der Waals surface area contributed by atoms with Crippen molar-refractivity contribution in [3.05, 3.63) is 0 Å². The van der Waals surface area contributed by atoms with E-state index < -0.39 is 0 Å². The van der Waals surface area contributed by atoms with Crippen LogP contribution in [-0.4, -0.2) is 5.37 Å². The van der Waals surface area contributed by atoms with Gasteiger partial charge in [-0.3, -0.25) is 0 Å². The molecule has 0 aliphatic carbocycles. The molecule has 0 nitrogen and oxygen atoms in total. The van der Waals surface area contributed by atoms with Crippen LogP contribution in [0.4, 0.5) is 0 Å². The van der Waals surface area contributed by atoms with Crippen molar-refractivity contribution in [1.29, 1.82) is 0 Å². The molecule has 0 atom stereocenters. The summed E-state index contributed by atoms with van der Waals surface area (Å²) in [5.74, 6) is 0. The molecule has 0 saturated carbocycles. The zero-order valence-corrected chi connectivity index (χ0v) is 5.91. The third-order valence-corrected chi connectivity index (χ3v) is 0. The van der Waals surface area contributed by atoms with Crippen molar-refractivity contribution in [3.8, 4) is 0 Å². The van der Waals surface area contributed by atoms with Gasteiger partial charge in [-0.2, -0.15) is 6.92 Å². The first-order valence-electron chi connectivity index (χ1n) is 0.704. The number of hydrogen-bond donors (Lipinski definition) is 0. The Balaban J connectivity index is -0.0000000200. The van der Waals surface area contributed by atoms with Crippen LogP contribution in [0.15, 0.2) is 0 Å². The van der Waals surface area contributed by atoms with Crippen molar-refractivity contribution in [3.63, 3.8) is 0 Å². The third kappa shape index (κ3) is 43.8. The Kier molecular flexibility index (Phi) is 66.0. The van der Waals surface area contributed by atoms with Crippen molar-refractivity contribution in [2.45, 2.75) is 6.92 Å². The molecule has 0 heterocycles. The van der Waals surface area contributed by atoms with Gasteiger partial charge < -0.3 is 31.1 Å². The Morgan fingerprint density at radius 2 is 1.60 bits per heavy atom. The Morgan fingerprint density at radius 1 is 1.60 bits per heavy atom. The summed E-state index contributed by atoms with van der Waals surface area (Å²) < 4.78 is 0. The van der Waals surface area contributed by atoms with E-state index in [0.717, 1.165) is 0 Å². The van der Waals surface area contributed by atoms with Crippen molar-refractivity contribution in [1.82, 2.24) is 0 Å². The summed E-state index contributed by atoms with van der Waals surface area (Å²) in [6.45, 7) is 1.69. The first kappa shape index (κ1) is 16.6. The molecule has 0 rings (SSSR count). The predicted octanol–water partition coefficient (Wildman–Crippen LogP) is 0.610. The van der Waals surface area contributed by atoms with E-state index in [1.54, 1.807) is 6.92 Å². The van der Waals surface area contributed by atoms with Gasteiger partial charge in [-0.15, -0.1) is 0 Å². The Hall–Kier alpha value is 1.02. The molecule has 0 unspecified atom stereocenters. The zero-order chi connectivity index (χ0) is 2.71. The van der Waals surface area contributed by atoms with Crippen LogP contribution < -0.4 is 0 Å². The molecule has 0 aliphatic heterocycles. The molecule has 0 aromatic carbocycles. The van der Waals surface area contributed by atoms with Gasteiger partial charge in [0.2, 0.25) is 0 Å². The fourth-order valence-corrected chi connectivity index (χ4v) is 0. The Bertz CT molecular complexity index is 15.1. The van der Waals surface area contributed by atoms with Gasteiger partial charge in [-0.1, -0.05) is 0 Å². The second kappa shape index (κ2) is 19.9. The van der Waals surface area contributed by atoms with Gasteiger partial charge in [0.1, 0.15) is 0 Å². The molecule has 0 saturated heterocycles. The number of rotatable bonds is 0. The van der Waals surface area contributed by atoms with Gasteiger partial charge in [0.05, 0.1) is 0 Å². The number of thiocarbonyl (C=S) groups is 1. The van der Waals surface area contributed by atoms with E-state index in [2.05, 4.69) is 17.6 Å². The topological polar surface area (TPSA) is 0 Å². The molecular weight excluding hydrogens is 139 g/mol. The molecule has 0 fully saturated rings. The molecule has 0 spiro atoms. The summed E-state index contributed by atoms with van der Waals surface area (Å²) in [6, 6.07) is 0. The maximum absolute atomic E-state index is 4.14. The largest absolute Gasteiger partial charge is 2.00 e. The average molecular weight is 143 g/mol. The number of hydrogen-bond acceptors (Lipinski definition) is 2. The second-order valence-corrected chi connectivity index (χ2v) is 0.612. The molecule has 0 N–H and O–H groups in total. The molecule has 29 valence electrons. The maximum Gasteiger partial charge on any atom is 2.00 e. The van der Waals surface area contributed by atoms with E-state index >= 15 is 0 Å². The molecule has 0 bridgehead atoms. The van der Waals surface area contributed by atoms with Gasteiger partial charge in [-0.25, -0.2) is 0 Å². The van der Waals surface area contributed by atoms with Gasteiger partial charge in [0, 0.05) is 0 Å². The maximum atomic E-state index is 4.14. The normalized spacial score (nSPS) is 2.60. The summed E-state index contributed by atoms with van der Waals surface area (Å²) in [4.78, 5) is 0. The van der Waals surface area contributed by atoms with Crippen LogP contribution in [0, 0.1) is 0 Å². The minimum atomic E-state index is 0. The van der Waals surface area contributed by atoms with Crippen LogP contribution in [0.1, 0.15) is 6.92 Å². The number of thiol groups is 1. The Morgan fingerprint density at radius 3 is 1.60 bits per heavy atom. The van der Waals surface area contributed by atoms with E-state index in [0.29, 0.717) is 0 Å². The minimum absolute atomic E-state index is 0. The van der Waals surface area contributed by atoms with Crippen LogP contribution in [-0.2, 0) is 32.1 Å². The fraction of sp³-hybridized carbons (Fsp3) is 0.500. The molecule has 0 aromatic heterocycles.